The van der Waals surface area contributed by atoms with Gasteiger partial charge in [0.2, 0.25) is 5.13 Å². The summed E-state index contributed by atoms with van der Waals surface area (Å²) in [6.07, 6.45) is 0.774. The molecule has 1 aromatic carbocycles. The van der Waals surface area contributed by atoms with Gasteiger partial charge in [-0.15, -0.1) is 10.2 Å². The number of carbonyl (C=O) groups is 1. The van der Waals surface area contributed by atoms with Crippen LogP contribution >= 0.6 is 22.9 Å². The smallest absolute Gasteiger partial charge is 0.267 e. The third-order valence-corrected chi connectivity index (χ3v) is 4.21. The van der Waals surface area contributed by atoms with Crippen molar-refractivity contribution >= 4 is 34.0 Å². The topological polar surface area (TPSA) is 64.1 Å². The van der Waals surface area contributed by atoms with Gasteiger partial charge in [0.15, 0.2) is 6.10 Å². The van der Waals surface area contributed by atoms with E-state index < -0.39 is 6.10 Å². The van der Waals surface area contributed by atoms with Gasteiger partial charge in [0.25, 0.3) is 5.91 Å². The Kier molecular flexibility index (Phi) is 3.58. The van der Waals surface area contributed by atoms with Gasteiger partial charge in [0.1, 0.15) is 10.8 Å². The van der Waals surface area contributed by atoms with Gasteiger partial charge in [-0.05, 0) is 30.2 Å². The Morgan fingerprint density at radius 2 is 2.40 bits per heavy atom. The number of ether oxygens (including phenoxy) is 1. The number of hydrogen-bond acceptors (Lipinski definition) is 5. The molecule has 0 radical (unpaired) electrons. The van der Waals surface area contributed by atoms with Gasteiger partial charge in [-0.2, -0.15) is 0 Å². The first kappa shape index (κ1) is 13.3. The monoisotopic (exact) mass is 309 g/mol. The van der Waals surface area contributed by atoms with E-state index in [0.717, 1.165) is 17.0 Å². The highest BCUT2D eigenvalue weighted by atomic mass is 35.5. The lowest BCUT2D eigenvalue weighted by molar-refractivity contribution is -0.122. The van der Waals surface area contributed by atoms with E-state index in [0.29, 0.717) is 22.3 Å². The molecule has 2 aromatic rings. The molecule has 0 aliphatic carbocycles. The van der Waals surface area contributed by atoms with Crippen LogP contribution in [0.3, 0.4) is 0 Å². The van der Waals surface area contributed by atoms with Gasteiger partial charge < -0.3 is 4.74 Å². The summed E-state index contributed by atoms with van der Waals surface area (Å²) in [5.74, 6) is 0.497. The number of hydrogen-bond donors (Lipinski definition) is 1. The van der Waals surface area contributed by atoms with Crippen molar-refractivity contribution in [2.45, 2.75) is 25.9 Å². The number of aromatic nitrogens is 2. The molecule has 1 amide bonds. The summed E-state index contributed by atoms with van der Waals surface area (Å²) in [6, 6.07) is 5.36. The second-order valence-electron chi connectivity index (χ2n) is 4.41. The Hall–Kier alpha value is -1.66. The molecule has 104 valence electrons. The number of aryl methyl sites for hydroxylation is 1. The number of rotatable bonds is 3. The molecule has 20 heavy (non-hydrogen) atoms. The van der Waals surface area contributed by atoms with Crippen LogP contribution in [-0.2, 0) is 17.6 Å². The molecule has 1 N–H and O–H groups in total. The maximum atomic E-state index is 12.1. The van der Waals surface area contributed by atoms with Crippen molar-refractivity contribution in [2.24, 2.45) is 0 Å². The summed E-state index contributed by atoms with van der Waals surface area (Å²) in [5, 5.41) is 12.7. The Labute approximate surface area is 124 Å². The Balaban J connectivity index is 1.68. The summed E-state index contributed by atoms with van der Waals surface area (Å²) < 4.78 is 5.61. The third-order valence-electron chi connectivity index (χ3n) is 2.99. The SMILES string of the molecule is CCc1nnc(NC(=O)C2Cc3cc(Cl)ccc3O2)s1. The van der Waals surface area contributed by atoms with Crippen LogP contribution in [0, 0.1) is 0 Å². The predicted molar refractivity (Wildman–Crippen MR) is 77.5 cm³/mol. The summed E-state index contributed by atoms with van der Waals surface area (Å²) >= 11 is 7.30. The van der Waals surface area contributed by atoms with Crippen LogP contribution in [-0.4, -0.2) is 22.2 Å². The largest absolute Gasteiger partial charge is 0.480 e. The van der Waals surface area contributed by atoms with Gasteiger partial charge in [-0.1, -0.05) is 29.9 Å². The minimum atomic E-state index is -0.544. The minimum Gasteiger partial charge on any atom is -0.480 e. The van der Waals surface area contributed by atoms with Gasteiger partial charge >= 0.3 is 0 Å². The first-order valence-corrected chi connectivity index (χ1v) is 7.43. The van der Waals surface area contributed by atoms with Crippen LogP contribution in [0.15, 0.2) is 18.2 Å². The molecule has 0 saturated heterocycles. The molecule has 0 saturated carbocycles. The lowest BCUT2D eigenvalue weighted by Crippen LogP contribution is -2.31. The molecule has 7 heteroatoms. The fourth-order valence-corrected chi connectivity index (χ4v) is 2.87. The maximum Gasteiger partial charge on any atom is 0.267 e. The van der Waals surface area contributed by atoms with E-state index in [1.54, 1.807) is 12.1 Å². The fourth-order valence-electron chi connectivity index (χ4n) is 2.00. The zero-order chi connectivity index (χ0) is 14.1. The molecule has 1 aliphatic rings. The number of benzene rings is 1. The van der Waals surface area contributed by atoms with Crippen molar-refractivity contribution in [1.82, 2.24) is 10.2 Å². The second-order valence-corrected chi connectivity index (χ2v) is 5.90. The summed E-state index contributed by atoms with van der Waals surface area (Å²) in [4.78, 5) is 12.1. The first-order chi connectivity index (χ1) is 9.65. The number of nitrogens with zero attached hydrogens (tertiary/aromatic N) is 2. The zero-order valence-corrected chi connectivity index (χ0v) is 12.3. The number of nitrogens with one attached hydrogen (secondary N) is 1. The van der Waals surface area contributed by atoms with Gasteiger partial charge in [0.05, 0.1) is 0 Å². The highest BCUT2D eigenvalue weighted by Crippen LogP contribution is 2.31. The molecule has 5 nitrogen and oxygen atoms in total. The quantitative estimate of drug-likeness (QED) is 0.947. The lowest BCUT2D eigenvalue weighted by atomic mass is 10.1. The Bertz CT molecular complexity index is 659. The van der Waals surface area contributed by atoms with Crippen molar-refractivity contribution in [3.8, 4) is 5.75 Å². The molecule has 1 aromatic heterocycles. The molecule has 0 spiro atoms. The van der Waals surface area contributed by atoms with Gasteiger partial charge in [0, 0.05) is 11.4 Å². The number of amides is 1. The molecular weight excluding hydrogens is 298 g/mol. The van der Waals surface area contributed by atoms with Crippen LogP contribution in [0.1, 0.15) is 17.5 Å². The minimum absolute atomic E-state index is 0.212. The third kappa shape index (κ3) is 2.62. The van der Waals surface area contributed by atoms with E-state index in [4.69, 9.17) is 16.3 Å². The van der Waals surface area contributed by atoms with E-state index in [2.05, 4.69) is 15.5 Å². The van der Waals surface area contributed by atoms with Crippen LogP contribution in [0.5, 0.6) is 5.75 Å². The molecule has 1 unspecified atom stereocenters. The van der Waals surface area contributed by atoms with E-state index in [1.165, 1.54) is 11.3 Å². The number of anilines is 1. The van der Waals surface area contributed by atoms with Crippen molar-refractivity contribution in [3.63, 3.8) is 0 Å². The standard InChI is InChI=1S/C13H12ClN3O2S/c1-2-11-16-17-13(20-11)15-12(18)10-6-7-5-8(14)3-4-9(7)19-10/h3-5,10H,2,6H2,1H3,(H,15,17,18). The van der Waals surface area contributed by atoms with Crippen molar-refractivity contribution in [1.29, 1.82) is 0 Å². The van der Waals surface area contributed by atoms with Crippen LogP contribution in [0.4, 0.5) is 5.13 Å². The average Bonchev–Trinajstić information content (AvgIpc) is 3.04. The van der Waals surface area contributed by atoms with E-state index in [9.17, 15) is 4.79 Å². The molecule has 2 heterocycles. The molecule has 0 fully saturated rings. The molecule has 3 rings (SSSR count). The van der Waals surface area contributed by atoms with Crippen LogP contribution in [0.25, 0.3) is 0 Å². The summed E-state index contributed by atoms with van der Waals surface area (Å²) in [6.45, 7) is 1.99. The van der Waals surface area contributed by atoms with E-state index >= 15 is 0 Å². The molecule has 0 bridgehead atoms. The number of fused-ring (bicyclic) bond motifs is 1. The molecule has 1 atom stereocenters. The maximum absolute atomic E-state index is 12.1. The van der Waals surface area contributed by atoms with Crippen LogP contribution < -0.4 is 10.1 Å². The first-order valence-electron chi connectivity index (χ1n) is 6.24. The van der Waals surface area contributed by atoms with E-state index in [-0.39, 0.29) is 5.91 Å². The average molecular weight is 310 g/mol. The number of carbonyl (C=O) groups excluding carboxylic acids is 1. The summed E-state index contributed by atoms with van der Waals surface area (Å²) in [5.41, 5.74) is 0.948. The predicted octanol–water partition coefficient (Wildman–Crippen LogP) is 2.70. The van der Waals surface area contributed by atoms with Crippen molar-refractivity contribution in [3.05, 3.63) is 33.8 Å². The second kappa shape index (κ2) is 5.38. The zero-order valence-electron chi connectivity index (χ0n) is 10.7. The lowest BCUT2D eigenvalue weighted by Gasteiger charge is -2.08. The van der Waals surface area contributed by atoms with Crippen molar-refractivity contribution in [2.75, 3.05) is 5.32 Å². The Morgan fingerprint density at radius 1 is 1.55 bits per heavy atom. The number of halogens is 1. The van der Waals surface area contributed by atoms with Gasteiger partial charge in [-0.25, -0.2) is 0 Å². The van der Waals surface area contributed by atoms with Crippen molar-refractivity contribution < 1.29 is 9.53 Å². The summed E-state index contributed by atoms with van der Waals surface area (Å²) in [7, 11) is 0. The van der Waals surface area contributed by atoms with E-state index in [1.807, 2.05) is 13.0 Å². The molecule has 1 aliphatic heterocycles. The highest BCUT2D eigenvalue weighted by molar-refractivity contribution is 7.15. The van der Waals surface area contributed by atoms with Gasteiger partial charge in [-0.3, -0.25) is 10.1 Å². The normalized spacial score (nSPS) is 16.6. The highest BCUT2D eigenvalue weighted by Gasteiger charge is 2.29. The molecular formula is C13H12ClN3O2S. The fraction of sp³-hybridized carbons (Fsp3) is 0.308. The Morgan fingerprint density at radius 3 is 3.15 bits per heavy atom. The van der Waals surface area contributed by atoms with Crippen LogP contribution in [0.2, 0.25) is 5.02 Å².